The first-order valence-electron chi connectivity index (χ1n) is 5.48. The molecule has 0 bridgehead atoms. The number of hydrogen-bond donors (Lipinski definition) is 1. The first-order valence-corrected chi connectivity index (χ1v) is 5.48. The van der Waals surface area contributed by atoms with E-state index in [1.165, 1.54) is 12.0 Å². The van der Waals surface area contributed by atoms with Gasteiger partial charge in [0.05, 0.1) is 5.92 Å². The second-order valence-corrected chi connectivity index (χ2v) is 4.10. The van der Waals surface area contributed by atoms with Crippen LogP contribution in [0.3, 0.4) is 0 Å². The summed E-state index contributed by atoms with van der Waals surface area (Å²) in [5, 5.41) is 0. The van der Waals surface area contributed by atoms with Gasteiger partial charge in [-0.3, -0.25) is 4.79 Å². The highest BCUT2D eigenvalue weighted by Gasteiger charge is 2.42. The van der Waals surface area contributed by atoms with Crippen LogP contribution >= 0.6 is 12.4 Å². The molecule has 1 unspecified atom stereocenters. The predicted molar refractivity (Wildman–Crippen MR) is 62.5 cm³/mol. The molecule has 1 aliphatic heterocycles. The van der Waals surface area contributed by atoms with Crippen LogP contribution in [0, 0.1) is 5.92 Å². The van der Waals surface area contributed by atoms with Gasteiger partial charge >= 0.3 is 6.18 Å². The van der Waals surface area contributed by atoms with E-state index in [4.69, 9.17) is 10.5 Å². The molecule has 2 N–H and O–H groups in total. The highest BCUT2D eigenvalue weighted by molar-refractivity contribution is 5.85. The summed E-state index contributed by atoms with van der Waals surface area (Å²) in [6, 6.07) is 0. The van der Waals surface area contributed by atoms with E-state index >= 15 is 0 Å². The van der Waals surface area contributed by atoms with Gasteiger partial charge in [-0.2, -0.15) is 13.2 Å². The first-order chi connectivity index (χ1) is 7.90. The second kappa shape index (κ2) is 7.16. The number of halogens is 4. The van der Waals surface area contributed by atoms with Crippen molar-refractivity contribution in [2.24, 2.45) is 11.7 Å². The molecule has 1 aliphatic rings. The van der Waals surface area contributed by atoms with E-state index in [1.807, 2.05) is 0 Å². The number of alkyl halides is 3. The highest BCUT2D eigenvalue weighted by atomic mass is 35.5. The number of ether oxygens (including phenoxy) is 1. The van der Waals surface area contributed by atoms with Crippen LogP contribution in [0.4, 0.5) is 13.2 Å². The van der Waals surface area contributed by atoms with E-state index in [1.54, 1.807) is 0 Å². The Labute approximate surface area is 110 Å². The molecule has 0 aromatic heterocycles. The molecule has 0 saturated carbocycles. The fourth-order valence-corrected chi connectivity index (χ4v) is 1.93. The number of amides is 1. The monoisotopic (exact) mass is 290 g/mol. The summed E-state index contributed by atoms with van der Waals surface area (Å²) in [6.45, 7) is 0.264. The molecule has 0 aromatic carbocycles. The molecule has 1 saturated heterocycles. The Morgan fingerprint density at radius 1 is 1.44 bits per heavy atom. The van der Waals surface area contributed by atoms with Gasteiger partial charge in [0.15, 0.2) is 0 Å². The van der Waals surface area contributed by atoms with Gasteiger partial charge in [-0.25, -0.2) is 0 Å². The van der Waals surface area contributed by atoms with E-state index < -0.39 is 18.2 Å². The number of carbonyl (C=O) groups excluding carboxylic acids is 1. The number of carbonyl (C=O) groups is 1. The van der Waals surface area contributed by atoms with Gasteiger partial charge in [0, 0.05) is 26.7 Å². The minimum atomic E-state index is -4.16. The molecule has 0 aliphatic carbocycles. The molecule has 1 heterocycles. The Hall–Kier alpha value is -0.530. The van der Waals surface area contributed by atoms with Crippen LogP contribution in [0.15, 0.2) is 0 Å². The molecule has 1 fully saturated rings. The number of nitrogens with two attached hydrogens (primary N) is 1. The summed E-state index contributed by atoms with van der Waals surface area (Å²) in [6.07, 6.45) is -5.01. The zero-order valence-electron chi connectivity index (χ0n) is 10.1. The van der Waals surface area contributed by atoms with Crippen LogP contribution < -0.4 is 5.73 Å². The van der Waals surface area contributed by atoms with Crippen molar-refractivity contribution in [2.45, 2.75) is 25.1 Å². The van der Waals surface area contributed by atoms with Gasteiger partial charge in [-0.15, -0.1) is 12.4 Å². The third-order valence-corrected chi connectivity index (χ3v) is 3.04. The van der Waals surface area contributed by atoms with E-state index in [-0.39, 0.29) is 50.8 Å². The topological polar surface area (TPSA) is 55.6 Å². The maximum atomic E-state index is 12.4. The van der Waals surface area contributed by atoms with Gasteiger partial charge < -0.3 is 15.4 Å². The van der Waals surface area contributed by atoms with Gasteiger partial charge in [0.25, 0.3) is 5.91 Å². The van der Waals surface area contributed by atoms with Crippen molar-refractivity contribution in [1.82, 2.24) is 4.90 Å². The summed E-state index contributed by atoms with van der Waals surface area (Å²) in [4.78, 5) is 13.1. The summed E-state index contributed by atoms with van der Waals surface area (Å²) in [7, 11) is 1.36. The molecular weight excluding hydrogens is 273 g/mol. The minimum absolute atomic E-state index is 0. The number of nitrogens with zero attached hydrogens (tertiary/aromatic N) is 1. The lowest BCUT2D eigenvalue weighted by atomic mass is 9.96. The number of rotatable bonds is 3. The fourth-order valence-electron chi connectivity index (χ4n) is 1.93. The zero-order chi connectivity index (χ0) is 13.1. The van der Waals surface area contributed by atoms with Crippen molar-refractivity contribution in [1.29, 1.82) is 0 Å². The van der Waals surface area contributed by atoms with Crippen LogP contribution in [0.25, 0.3) is 0 Å². The second-order valence-electron chi connectivity index (χ2n) is 4.10. The average Bonchev–Trinajstić information content (AvgIpc) is 2.29. The van der Waals surface area contributed by atoms with E-state index in [0.717, 1.165) is 0 Å². The normalized spacial score (nSPS) is 19.3. The number of likely N-dealkylation sites (tertiary alicyclic amines) is 1. The maximum Gasteiger partial charge on any atom is 0.391 e. The fraction of sp³-hybridized carbons (Fsp3) is 0.900. The Kier molecular flexibility index (Phi) is 6.94. The van der Waals surface area contributed by atoms with Gasteiger partial charge in [-0.1, -0.05) is 0 Å². The number of piperidine rings is 1. The molecule has 8 heteroatoms. The SMILES string of the molecule is COC(CN)C(=O)N1CCC(C(F)(F)F)CC1.Cl. The van der Waals surface area contributed by atoms with E-state index in [2.05, 4.69) is 0 Å². The molecular formula is C10H18ClF3N2O2. The molecule has 1 atom stereocenters. The van der Waals surface area contributed by atoms with Crippen molar-refractivity contribution in [2.75, 3.05) is 26.7 Å². The van der Waals surface area contributed by atoms with Crippen LogP contribution in [0.5, 0.6) is 0 Å². The third kappa shape index (κ3) is 4.29. The standard InChI is InChI=1S/C10H17F3N2O2.ClH/c1-17-8(6-14)9(16)15-4-2-7(3-5-15)10(11,12)13;/h7-8H,2-6,14H2,1H3;1H. The van der Waals surface area contributed by atoms with Crippen molar-refractivity contribution in [3.63, 3.8) is 0 Å². The molecule has 18 heavy (non-hydrogen) atoms. The van der Waals surface area contributed by atoms with Crippen LogP contribution in [-0.2, 0) is 9.53 Å². The van der Waals surface area contributed by atoms with Crippen LogP contribution in [0.2, 0.25) is 0 Å². The van der Waals surface area contributed by atoms with Gasteiger partial charge in [0.1, 0.15) is 6.10 Å². The lowest BCUT2D eigenvalue weighted by Gasteiger charge is -2.34. The quantitative estimate of drug-likeness (QED) is 0.849. The molecule has 1 amide bonds. The minimum Gasteiger partial charge on any atom is -0.370 e. The van der Waals surface area contributed by atoms with Gasteiger partial charge in [0.2, 0.25) is 0 Å². The maximum absolute atomic E-state index is 12.4. The Morgan fingerprint density at radius 3 is 2.28 bits per heavy atom. The van der Waals surface area contributed by atoms with Crippen molar-refractivity contribution in [3.05, 3.63) is 0 Å². The molecule has 0 spiro atoms. The van der Waals surface area contributed by atoms with E-state index in [0.29, 0.717) is 0 Å². The van der Waals surface area contributed by atoms with Crippen molar-refractivity contribution >= 4 is 18.3 Å². The number of methoxy groups -OCH3 is 1. The summed E-state index contributed by atoms with van der Waals surface area (Å²) >= 11 is 0. The molecule has 4 nitrogen and oxygen atoms in total. The lowest BCUT2D eigenvalue weighted by molar-refractivity contribution is -0.187. The summed E-state index contributed by atoms with van der Waals surface area (Å²) in [5.41, 5.74) is 5.33. The Balaban J connectivity index is 0.00000289. The lowest BCUT2D eigenvalue weighted by Crippen LogP contribution is -2.48. The van der Waals surface area contributed by atoms with Crippen LogP contribution in [0.1, 0.15) is 12.8 Å². The smallest absolute Gasteiger partial charge is 0.370 e. The molecule has 0 aromatic rings. The Bertz CT molecular complexity index is 264. The summed E-state index contributed by atoms with van der Waals surface area (Å²) < 4.78 is 42.1. The molecule has 1 rings (SSSR count). The average molecular weight is 291 g/mol. The van der Waals surface area contributed by atoms with E-state index in [9.17, 15) is 18.0 Å². The summed E-state index contributed by atoms with van der Waals surface area (Å²) in [5.74, 6) is -1.62. The number of hydrogen-bond acceptors (Lipinski definition) is 3. The van der Waals surface area contributed by atoms with Gasteiger partial charge in [-0.05, 0) is 12.8 Å². The third-order valence-electron chi connectivity index (χ3n) is 3.04. The molecule has 0 radical (unpaired) electrons. The Morgan fingerprint density at radius 2 is 1.94 bits per heavy atom. The first kappa shape index (κ1) is 17.5. The van der Waals surface area contributed by atoms with Crippen LogP contribution in [-0.4, -0.2) is 49.8 Å². The predicted octanol–water partition coefficient (Wildman–Crippen LogP) is 1.18. The zero-order valence-corrected chi connectivity index (χ0v) is 10.9. The van der Waals surface area contributed by atoms with Crippen molar-refractivity contribution < 1.29 is 22.7 Å². The highest BCUT2D eigenvalue weighted by Crippen LogP contribution is 2.34. The van der Waals surface area contributed by atoms with Crippen molar-refractivity contribution in [3.8, 4) is 0 Å². The largest absolute Gasteiger partial charge is 0.391 e. The molecule has 108 valence electrons.